The summed E-state index contributed by atoms with van der Waals surface area (Å²) in [6, 6.07) is 18.1. The third kappa shape index (κ3) is 9.36. The van der Waals surface area contributed by atoms with E-state index in [4.69, 9.17) is 10.5 Å². The molecule has 1 saturated carbocycles. The standard InChI is InChI=1S/C38H48N10O4/c1-38(2,3)52-37(51)42-24-26-6-10-29(11-7-26)35(49)48(31-14-12-28(13-15-31)34-43-45-46-44-34)36(50)32(39)22-25-4-8-27(9-5-25)30-16-17-41-33(23-30)47-20-18-40-19-21-47/h4-5,8-9,12-17,23,26,29,32,40H,6-7,10-11,18-22,24,39H2,1-3H3,(H,42,51)(H,43,44,45,46)/t26?,29?,32-/m0/s1. The van der Waals surface area contributed by atoms with Gasteiger partial charge in [0, 0.05) is 50.4 Å². The molecule has 1 saturated heterocycles. The van der Waals surface area contributed by atoms with Crippen LogP contribution in [-0.4, -0.2) is 87.9 Å². The van der Waals surface area contributed by atoms with Crippen molar-refractivity contribution in [3.8, 4) is 22.5 Å². The maximum absolute atomic E-state index is 14.2. The number of tetrazole rings is 1. The molecule has 1 atom stereocenters. The fourth-order valence-electron chi connectivity index (χ4n) is 6.75. The predicted molar refractivity (Wildman–Crippen MR) is 198 cm³/mol. The molecular formula is C38H48N10O4. The third-order valence-electron chi connectivity index (χ3n) is 9.55. The molecule has 3 heterocycles. The molecule has 0 unspecified atom stereocenters. The van der Waals surface area contributed by atoms with Crippen LogP contribution in [0.15, 0.2) is 66.9 Å². The zero-order chi connectivity index (χ0) is 36.7. The Kier molecular flexibility index (Phi) is 11.6. The number of nitrogens with two attached hydrogens (primary N) is 1. The lowest BCUT2D eigenvalue weighted by atomic mass is 9.81. The number of nitrogens with one attached hydrogen (secondary N) is 3. The van der Waals surface area contributed by atoms with Crippen molar-refractivity contribution in [2.75, 3.05) is 42.5 Å². The van der Waals surface area contributed by atoms with Gasteiger partial charge in [0.05, 0.1) is 11.7 Å². The number of aromatic nitrogens is 5. The number of carbonyl (C=O) groups is 3. The molecule has 3 amide bonds. The fraction of sp³-hybridized carbons (Fsp3) is 0.447. The predicted octanol–water partition coefficient (Wildman–Crippen LogP) is 4.10. The number of carbonyl (C=O) groups excluding carboxylic acids is 3. The molecule has 6 rings (SSSR count). The van der Waals surface area contributed by atoms with Crippen LogP contribution in [0.25, 0.3) is 22.5 Å². The smallest absolute Gasteiger partial charge is 0.407 e. The Morgan fingerprint density at radius 3 is 2.31 bits per heavy atom. The highest BCUT2D eigenvalue weighted by Gasteiger charge is 2.35. The number of hydrogen-bond donors (Lipinski definition) is 4. The number of nitrogens with zero attached hydrogens (tertiary/aromatic N) is 6. The van der Waals surface area contributed by atoms with Gasteiger partial charge in [0.15, 0.2) is 0 Å². The van der Waals surface area contributed by atoms with Gasteiger partial charge < -0.3 is 26.0 Å². The molecule has 14 nitrogen and oxygen atoms in total. The number of piperazine rings is 1. The Morgan fingerprint density at radius 2 is 1.65 bits per heavy atom. The van der Waals surface area contributed by atoms with Gasteiger partial charge in [-0.25, -0.2) is 14.7 Å². The van der Waals surface area contributed by atoms with E-state index in [1.54, 1.807) is 24.3 Å². The molecule has 4 aromatic rings. The Bertz CT molecular complexity index is 1790. The third-order valence-corrected chi connectivity index (χ3v) is 9.55. The molecule has 0 spiro atoms. The molecule has 5 N–H and O–H groups in total. The second kappa shape index (κ2) is 16.4. The van der Waals surface area contributed by atoms with E-state index in [-0.39, 0.29) is 24.2 Å². The van der Waals surface area contributed by atoms with Crippen molar-refractivity contribution in [1.29, 1.82) is 0 Å². The van der Waals surface area contributed by atoms with Crippen molar-refractivity contribution in [1.82, 2.24) is 36.2 Å². The van der Waals surface area contributed by atoms with Crippen LogP contribution < -0.4 is 26.2 Å². The highest BCUT2D eigenvalue weighted by Crippen LogP contribution is 2.32. The summed E-state index contributed by atoms with van der Waals surface area (Å²) < 4.78 is 5.36. The summed E-state index contributed by atoms with van der Waals surface area (Å²) in [5.74, 6) is 0.458. The van der Waals surface area contributed by atoms with E-state index in [2.05, 4.69) is 47.2 Å². The SMILES string of the molecule is CC(C)(C)OC(=O)NCC1CCC(C(=O)N(C(=O)[C@@H](N)Cc2ccc(-c3ccnc(N4CCNCC4)c3)cc2)c2ccc(-c3nn[nH]n3)cc2)CC1. The van der Waals surface area contributed by atoms with Crippen LogP contribution >= 0.6 is 0 Å². The number of anilines is 2. The summed E-state index contributed by atoms with van der Waals surface area (Å²) in [5, 5.41) is 20.3. The number of pyridine rings is 1. The average Bonchev–Trinajstić information content (AvgIpc) is 3.70. The summed E-state index contributed by atoms with van der Waals surface area (Å²) in [6.07, 6.45) is 4.29. The summed E-state index contributed by atoms with van der Waals surface area (Å²) in [6.45, 7) is 9.64. The number of imide groups is 1. The van der Waals surface area contributed by atoms with Gasteiger partial charge in [-0.1, -0.05) is 24.3 Å². The number of ether oxygens (including phenoxy) is 1. The Labute approximate surface area is 303 Å². The topological polar surface area (TPSA) is 184 Å². The maximum atomic E-state index is 14.2. The van der Waals surface area contributed by atoms with Gasteiger partial charge in [-0.2, -0.15) is 5.21 Å². The highest BCUT2D eigenvalue weighted by atomic mass is 16.6. The Morgan fingerprint density at radius 1 is 0.962 bits per heavy atom. The zero-order valence-corrected chi connectivity index (χ0v) is 30.0. The largest absolute Gasteiger partial charge is 0.444 e. The zero-order valence-electron chi connectivity index (χ0n) is 30.0. The first-order valence-electron chi connectivity index (χ1n) is 18.0. The van der Waals surface area contributed by atoms with E-state index in [9.17, 15) is 14.4 Å². The molecule has 2 aromatic carbocycles. The van der Waals surface area contributed by atoms with Crippen LogP contribution in [0.1, 0.15) is 52.0 Å². The molecule has 2 aliphatic rings. The van der Waals surface area contributed by atoms with Crippen molar-refractivity contribution in [3.63, 3.8) is 0 Å². The normalized spacial score (nSPS) is 18.3. The molecule has 2 aromatic heterocycles. The van der Waals surface area contributed by atoms with Gasteiger partial charge >= 0.3 is 6.09 Å². The van der Waals surface area contributed by atoms with E-state index in [0.29, 0.717) is 36.5 Å². The number of hydrogen-bond acceptors (Lipinski definition) is 11. The van der Waals surface area contributed by atoms with E-state index < -0.39 is 23.6 Å². The van der Waals surface area contributed by atoms with Gasteiger partial charge in [-0.3, -0.25) is 9.59 Å². The minimum Gasteiger partial charge on any atom is -0.444 e. The molecular weight excluding hydrogens is 660 g/mol. The molecule has 14 heteroatoms. The van der Waals surface area contributed by atoms with Crippen LogP contribution in [0.2, 0.25) is 0 Å². The number of alkyl carbamates (subject to hydrolysis) is 1. The van der Waals surface area contributed by atoms with Crippen molar-refractivity contribution in [3.05, 3.63) is 72.4 Å². The summed E-state index contributed by atoms with van der Waals surface area (Å²) >= 11 is 0. The van der Waals surface area contributed by atoms with Crippen LogP contribution in [0.3, 0.4) is 0 Å². The van der Waals surface area contributed by atoms with E-state index >= 15 is 0 Å². The molecule has 0 bridgehead atoms. The molecule has 1 aliphatic carbocycles. The second-order valence-corrected chi connectivity index (χ2v) is 14.5. The minimum atomic E-state index is -0.957. The van der Waals surface area contributed by atoms with Crippen molar-refractivity contribution in [2.24, 2.45) is 17.6 Å². The second-order valence-electron chi connectivity index (χ2n) is 14.5. The van der Waals surface area contributed by atoms with Gasteiger partial charge in [-0.15, -0.1) is 10.2 Å². The lowest BCUT2D eigenvalue weighted by molar-refractivity contribution is -0.130. The number of amides is 3. The van der Waals surface area contributed by atoms with E-state index in [1.807, 2.05) is 57.3 Å². The molecule has 0 radical (unpaired) electrons. The van der Waals surface area contributed by atoms with Gasteiger partial charge in [-0.05, 0) is 117 Å². The van der Waals surface area contributed by atoms with Gasteiger partial charge in [0.2, 0.25) is 11.7 Å². The van der Waals surface area contributed by atoms with Crippen molar-refractivity contribution in [2.45, 2.75) is 64.5 Å². The van der Waals surface area contributed by atoms with Crippen molar-refractivity contribution < 1.29 is 19.1 Å². The molecule has 1 aliphatic heterocycles. The number of rotatable bonds is 10. The quantitative estimate of drug-likeness (QED) is 0.186. The number of H-pyrrole nitrogens is 1. The van der Waals surface area contributed by atoms with Crippen LogP contribution in [0, 0.1) is 11.8 Å². The maximum Gasteiger partial charge on any atom is 0.407 e. The molecule has 52 heavy (non-hydrogen) atoms. The Hall–Kier alpha value is -5.21. The van der Waals surface area contributed by atoms with E-state index in [1.165, 1.54) is 4.90 Å². The van der Waals surface area contributed by atoms with Crippen LogP contribution in [-0.2, 0) is 20.7 Å². The van der Waals surface area contributed by atoms with Crippen molar-refractivity contribution >= 4 is 29.4 Å². The Balaban J connectivity index is 1.13. The number of benzene rings is 2. The highest BCUT2D eigenvalue weighted by molar-refractivity contribution is 6.17. The fourth-order valence-corrected chi connectivity index (χ4v) is 6.75. The minimum absolute atomic E-state index is 0.209. The first kappa shape index (κ1) is 36.6. The molecule has 2 fully saturated rings. The lowest BCUT2D eigenvalue weighted by Gasteiger charge is -2.32. The molecule has 274 valence electrons. The average molecular weight is 709 g/mol. The summed E-state index contributed by atoms with van der Waals surface area (Å²) in [5.41, 5.74) is 10.1. The van der Waals surface area contributed by atoms with Gasteiger partial charge in [0.1, 0.15) is 11.4 Å². The monoisotopic (exact) mass is 708 g/mol. The summed E-state index contributed by atoms with van der Waals surface area (Å²) in [7, 11) is 0. The van der Waals surface area contributed by atoms with Gasteiger partial charge in [0.25, 0.3) is 5.91 Å². The first-order chi connectivity index (χ1) is 25.0. The summed E-state index contributed by atoms with van der Waals surface area (Å²) in [4.78, 5) is 48.6. The first-order valence-corrected chi connectivity index (χ1v) is 18.0. The van der Waals surface area contributed by atoms with Crippen LogP contribution in [0.4, 0.5) is 16.3 Å². The number of aromatic amines is 1. The lowest BCUT2D eigenvalue weighted by Crippen LogP contribution is -2.50. The van der Waals surface area contributed by atoms with Crippen LogP contribution in [0.5, 0.6) is 0 Å². The van der Waals surface area contributed by atoms with E-state index in [0.717, 1.165) is 61.5 Å².